The molecule has 4 nitrogen and oxygen atoms in total. The van der Waals surface area contributed by atoms with Gasteiger partial charge in [-0.15, -0.1) is 0 Å². The van der Waals surface area contributed by atoms with E-state index < -0.39 is 16.1 Å². The van der Waals surface area contributed by atoms with Crippen LogP contribution in [-0.2, 0) is 10.0 Å². The number of benzene rings is 3. The van der Waals surface area contributed by atoms with Crippen molar-refractivity contribution in [2.45, 2.75) is 23.9 Å². The third kappa shape index (κ3) is 4.68. The van der Waals surface area contributed by atoms with Gasteiger partial charge in [0.2, 0.25) is 10.0 Å². The van der Waals surface area contributed by atoms with Gasteiger partial charge in [-0.1, -0.05) is 78.4 Å². The highest BCUT2D eigenvalue weighted by Crippen LogP contribution is 2.34. The van der Waals surface area contributed by atoms with E-state index in [1.807, 2.05) is 98.7 Å². The smallest absolute Gasteiger partial charge is 0.241 e. The zero-order chi connectivity index (χ0) is 20.1. The molecule has 0 aliphatic carbocycles. The van der Waals surface area contributed by atoms with E-state index in [0.29, 0.717) is 0 Å². The topological polar surface area (TPSA) is 49.4 Å². The molecule has 0 amide bonds. The molecular weight excluding hydrogens is 368 g/mol. The van der Waals surface area contributed by atoms with Crippen molar-refractivity contribution < 1.29 is 8.42 Å². The van der Waals surface area contributed by atoms with Gasteiger partial charge in [0.15, 0.2) is 0 Å². The fraction of sp³-hybridized carbons (Fsp3) is 0.217. The van der Waals surface area contributed by atoms with Crippen LogP contribution in [0.4, 0.5) is 0 Å². The fourth-order valence-corrected chi connectivity index (χ4v) is 4.60. The second-order valence-electron chi connectivity index (χ2n) is 7.14. The lowest BCUT2D eigenvalue weighted by Gasteiger charge is -2.33. The van der Waals surface area contributed by atoms with E-state index in [0.717, 1.165) is 16.7 Å². The minimum atomic E-state index is -3.69. The van der Waals surface area contributed by atoms with Gasteiger partial charge < -0.3 is 4.90 Å². The van der Waals surface area contributed by atoms with E-state index in [-0.39, 0.29) is 10.9 Å². The zero-order valence-electron chi connectivity index (χ0n) is 16.4. The summed E-state index contributed by atoms with van der Waals surface area (Å²) in [5.74, 6) is 0. The summed E-state index contributed by atoms with van der Waals surface area (Å²) < 4.78 is 29.3. The van der Waals surface area contributed by atoms with E-state index in [1.165, 1.54) is 0 Å². The Kier molecular flexibility index (Phi) is 6.29. The molecule has 0 bridgehead atoms. The van der Waals surface area contributed by atoms with Crippen LogP contribution in [0.15, 0.2) is 89.8 Å². The molecular formula is C23H26N2O2S. The normalized spacial score (nSPS) is 14.0. The van der Waals surface area contributed by atoms with Gasteiger partial charge in [0.05, 0.1) is 17.0 Å². The summed E-state index contributed by atoms with van der Waals surface area (Å²) in [7, 11) is 0.245. The number of nitrogens with zero attached hydrogens (tertiary/aromatic N) is 1. The number of hydrogen-bond donors (Lipinski definition) is 1. The maximum Gasteiger partial charge on any atom is 0.241 e. The third-order valence-electron chi connectivity index (χ3n) is 4.79. The lowest BCUT2D eigenvalue weighted by atomic mass is 9.93. The number of sulfonamides is 1. The molecule has 0 saturated carbocycles. The molecule has 0 saturated heterocycles. The Hall–Kier alpha value is -2.47. The Bertz CT molecular complexity index is 986. The average molecular weight is 395 g/mol. The van der Waals surface area contributed by atoms with Gasteiger partial charge in [-0.2, -0.15) is 0 Å². The van der Waals surface area contributed by atoms with Crippen molar-refractivity contribution in [2.75, 3.05) is 14.1 Å². The van der Waals surface area contributed by atoms with Gasteiger partial charge in [-0.25, -0.2) is 13.1 Å². The Balaban J connectivity index is 2.06. The molecule has 2 atom stereocenters. The Morgan fingerprint density at radius 2 is 1.25 bits per heavy atom. The predicted octanol–water partition coefficient (Wildman–Crippen LogP) is 4.32. The minimum absolute atomic E-state index is 0.163. The number of hydrogen-bond acceptors (Lipinski definition) is 3. The van der Waals surface area contributed by atoms with Gasteiger partial charge >= 0.3 is 0 Å². The van der Waals surface area contributed by atoms with Crippen molar-refractivity contribution in [1.82, 2.24) is 9.62 Å². The first kappa shape index (κ1) is 20.3. The molecule has 1 N–H and O–H groups in total. The molecule has 146 valence electrons. The van der Waals surface area contributed by atoms with E-state index in [1.54, 1.807) is 12.1 Å². The summed E-state index contributed by atoms with van der Waals surface area (Å²) in [6.07, 6.45) is 0. The maximum atomic E-state index is 13.2. The highest BCUT2D eigenvalue weighted by molar-refractivity contribution is 7.89. The molecule has 0 radical (unpaired) electrons. The van der Waals surface area contributed by atoms with Crippen LogP contribution in [0, 0.1) is 6.92 Å². The lowest BCUT2D eigenvalue weighted by molar-refractivity contribution is 0.248. The summed E-state index contributed by atoms with van der Waals surface area (Å²) >= 11 is 0. The second kappa shape index (κ2) is 8.69. The highest BCUT2D eigenvalue weighted by atomic mass is 32.2. The molecule has 28 heavy (non-hydrogen) atoms. The summed E-state index contributed by atoms with van der Waals surface area (Å²) in [5, 5.41) is 0. The fourth-order valence-electron chi connectivity index (χ4n) is 3.37. The number of likely N-dealkylation sites (N-methyl/N-ethyl adjacent to an activating group) is 1. The first-order valence-electron chi connectivity index (χ1n) is 9.24. The summed E-state index contributed by atoms with van der Waals surface area (Å²) in [5.41, 5.74) is 2.99. The van der Waals surface area contributed by atoms with Crippen molar-refractivity contribution in [2.24, 2.45) is 0 Å². The van der Waals surface area contributed by atoms with Crippen LogP contribution in [0.1, 0.15) is 28.8 Å². The molecule has 0 aliphatic rings. The molecule has 0 unspecified atom stereocenters. The van der Waals surface area contributed by atoms with Crippen LogP contribution in [0.5, 0.6) is 0 Å². The molecule has 0 aromatic heterocycles. The van der Waals surface area contributed by atoms with Crippen LogP contribution in [0.3, 0.4) is 0 Å². The maximum absolute atomic E-state index is 13.2. The first-order chi connectivity index (χ1) is 13.4. The molecule has 0 fully saturated rings. The third-order valence-corrected chi connectivity index (χ3v) is 6.24. The van der Waals surface area contributed by atoms with Crippen LogP contribution < -0.4 is 4.72 Å². The number of aryl methyl sites for hydroxylation is 1. The Morgan fingerprint density at radius 1 is 0.750 bits per heavy atom. The van der Waals surface area contributed by atoms with E-state index >= 15 is 0 Å². The minimum Gasteiger partial charge on any atom is -0.301 e. The highest BCUT2D eigenvalue weighted by Gasteiger charge is 2.31. The molecule has 3 rings (SSSR count). The average Bonchev–Trinajstić information content (AvgIpc) is 2.69. The van der Waals surface area contributed by atoms with E-state index in [4.69, 9.17) is 0 Å². The molecule has 3 aromatic carbocycles. The van der Waals surface area contributed by atoms with Crippen LogP contribution in [0.25, 0.3) is 0 Å². The van der Waals surface area contributed by atoms with Gasteiger partial charge in [-0.05, 0) is 44.3 Å². The van der Waals surface area contributed by atoms with Gasteiger partial charge in [0.1, 0.15) is 0 Å². The van der Waals surface area contributed by atoms with E-state index in [2.05, 4.69) is 4.72 Å². The monoisotopic (exact) mass is 394 g/mol. The van der Waals surface area contributed by atoms with Crippen LogP contribution in [-0.4, -0.2) is 27.4 Å². The predicted molar refractivity (Wildman–Crippen MR) is 114 cm³/mol. The second-order valence-corrected chi connectivity index (χ2v) is 8.86. The standard InChI is InChI=1S/C23H26N2O2S/c1-18-14-16-21(17-15-18)28(26,27)24-22(19-10-6-4-7-11-19)23(25(2)3)20-12-8-5-9-13-20/h4-17,22-24H,1-3H3/t22-,23-/m1/s1. The van der Waals surface area contributed by atoms with E-state index in [9.17, 15) is 8.42 Å². The van der Waals surface area contributed by atoms with Crippen LogP contribution in [0.2, 0.25) is 0 Å². The Morgan fingerprint density at radius 3 is 1.75 bits per heavy atom. The summed E-state index contributed by atoms with van der Waals surface area (Å²) in [6.45, 7) is 1.94. The summed E-state index contributed by atoms with van der Waals surface area (Å²) in [4.78, 5) is 2.31. The molecule has 0 heterocycles. The van der Waals surface area contributed by atoms with Crippen molar-refractivity contribution in [3.05, 3.63) is 102 Å². The zero-order valence-corrected chi connectivity index (χ0v) is 17.2. The molecule has 0 aliphatic heterocycles. The Labute approximate surface area is 167 Å². The van der Waals surface area contributed by atoms with Gasteiger partial charge in [0.25, 0.3) is 0 Å². The van der Waals surface area contributed by atoms with Crippen molar-refractivity contribution in [3.8, 4) is 0 Å². The SMILES string of the molecule is Cc1ccc(S(=O)(=O)N[C@H](c2ccccc2)[C@@H](c2ccccc2)N(C)C)cc1. The van der Waals surface area contributed by atoms with Gasteiger partial charge in [-0.3, -0.25) is 0 Å². The van der Waals surface area contributed by atoms with Crippen LogP contribution >= 0.6 is 0 Å². The van der Waals surface area contributed by atoms with Gasteiger partial charge in [0, 0.05) is 0 Å². The largest absolute Gasteiger partial charge is 0.301 e. The molecule has 3 aromatic rings. The molecule has 5 heteroatoms. The number of nitrogens with one attached hydrogen (secondary N) is 1. The van der Waals surface area contributed by atoms with Crippen molar-refractivity contribution >= 4 is 10.0 Å². The quantitative estimate of drug-likeness (QED) is 0.649. The summed E-state index contributed by atoms with van der Waals surface area (Å²) in [6, 6.07) is 26.0. The number of rotatable bonds is 7. The molecule has 0 spiro atoms. The van der Waals surface area contributed by atoms with Crippen molar-refractivity contribution in [3.63, 3.8) is 0 Å². The first-order valence-corrected chi connectivity index (χ1v) is 10.7. The van der Waals surface area contributed by atoms with Crippen molar-refractivity contribution in [1.29, 1.82) is 0 Å². The lowest BCUT2D eigenvalue weighted by Crippen LogP contribution is -2.38.